The fourth-order valence-corrected chi connectivity index (χ4v) is 3.97. The fourth-order valence-electron chi connectivity index (χ4n) is 2.22. The van der Waals surface area contributed by atoms with E-state index >= 15 is 0 Å². The monoisotopic (exact) mass is 324 g/mol. The summed E-state index contributed by atoms with van der Waals surface area (Å²) < 4.78 is 0.0842. The van der Waals surface area contributed by atoms with Gasteiger partial charge in [0.2, 0.25) is 0 Å². The zero-order valence-corrected chi connectivity index (χ0v) is 14.1. The van der Waals surface area contributed by atoms with Crippen molar-refractivity contribution in [3.05, 3.63) is 17.1 Å². The van der Waals surface area contributed by atoms with Crippen LogP contribution in [-0.2, 0) is 0 Å². The van der Waals surface area contributed by atoms with E-state index in [1.54, 1.807) is 24.0 Å². The number of hydrogen-bond acceptors (Lipinski definition) is 6. The molecule has 0 spiro atoms. The van der Waals surface area contributed by atoms with Crippen LogP contribution in [0, 0.1) is 0 Å². The Morgan fingerprint density at radius 3 is 2.76 bits per heavy atom. The predicted octanol–water partition coefficient (Wildman–Crippen LogP) is 2.93. The Bertz CT molecular complexity index is 629. The van der Waals surface area contributed by atoms with E-state index in [2.05, 4.69) is 35.6 Å². The van der Waals surface area contributed by atoms with Crippen LogP contribution in [0.1, 0.15) is 36.4 Å². The Kier molecular flexibility index (Phi) is 5.05. The number of anilines is 1. The third kappa shape index (κ3) is 3.13. The van der Waals surface area contributed by atoms with Gasteiger partial charge in [-0.05, 0) is 25.2 Å². The number of rotatable bonds is 6. The number of nitrogens with one attached hydrogen (secondary N) is 1. The second kappa shape index (κ2) is 6.62. The van der Waals surface area contributed by atoms with Crippen LogP contribution in [0.25, 0.3) is 10.2 Å². The van der Waals surface area contributed by atoms with Crippen molar-refractivity contribution in [3.63, 3.8) is 0 Å². The first kappa shape index (κ1) is 16.0. The van der Waals surface area contributed by atoms with Gasteiger partial charge in [-0.25, -0.2) is 0 Å². The molecule has 2 aromatic heterocycles. The summed E-state index contributed by atoms with van der Waals surface area (Å²) in [6, 6.07) is 1.79. The smallest absolute Gasteiger partial charge is 0.263 e. The van der Waals surface area contributed by atoms with Gasteiger partial charge < -0.3 is 11.1 Å². The highest BCUT2D eigenvalue weighted by Crippen LogP contribution is 2.32. The van der Waals surface area contributed by atoms with E-state index in [4.69, 9.17) is 5.73 Å². The minimum Gasteiger partial charge on any atom is -0.397 e. The lowest BCUT2D eigenvalue weighted by Gasteiger charge is -2.29. The summed E-state index contributed by atoms with van der Waals surface area (Å²) in [5, 5.41) is 11.6. The van der Waals surface area contributed by atoms with Crippen molar-refractivity contribution in [2.75, 3.05) is 18.5 Å². The molecular formula is C14H20N4OS2. The molecule has 2 aromatic rings. The lowest BCUT2D eigenvalue weighted by atomic mass is 10.0. The minimum atomic E-state index is -0.129. The zero-order chi connectivity index (χ0) is 15.5. The van der Waals surface area contributed by atoms with Gasteiger partial charge in [0.15, 0.2) is 0 Å². The zero-order valence-electron chi connectivity index (χ0n) is 12.5. The molecule has 114 valence electrons. The molecule has 5 nitrogen and oxygen atoms in total. The third-order valence-corrected chi connectivity index (χ3v) is 6.61. The maximum absolute atomic E-state index is 12.4. The molecule has 0 aliphatic heterocycles. The quantitative estimate of drug-likeness (QED) is 0.854. The number of aromatic nitrogens is 2. The maximum Gasteiger partial charge on any atom is 0.263 e. The third-order valence-electron chi connectivity index (χ3n) is 3.92. The summed E-state index contributed by atoms with van der Waals surface area (Å²) in [6.45, 7) is 4.93. The van der Waals surface area contributed by atoms with Gasteiger partial charge in [0.1, 0.15) is 9.71 Å². The number of carbonyl (C=O) groups excluding carboxylic acids is 1. The number of amides is 1. The molecular weight excluding hydrogens is 304 g/mol. The van der Waals surface area contributed by atoms with Gasteiger partial charge in [0, 0.05) is 16.7 Å². The number of fused-ring (bicyclic) bond motifs is 1. The summed E-state index contributed by atoms with van der Waals surface area (Å²) in [7, 11) is 0. The van der Waals surface area contributed by atoms with E-state index in [0.29, 0.717) is 21.9 Å². The molecule has 0 bridgehead atoms. The Balaban J connectivity index is 2.17. The van der Waals surface area contributed by atoms with Crippen LogP contribution >= 0.6 is 23.1 Å². The molecule has 7 heteroatoms. The molecule has 1 amide bonds. The Morgan fingerprint density at radius 1 is 1.48 bits per heavy atom. The molecule has 3 N–H and O–H groups in total. The van der Waals surface area contributed by atoms with Crippen LogP contribution in [0.2, 0.25) is 0 Å². The van der Waals surface area contributed by atoms with E-state index in [1.807, 2.05) is 0 Å². The van der Waals surface area contributed by atoms with Crippen molar-refractivity contribution in [2.24, 2.45) is 0 Å². The number of nitrogens with zero attached hydrogens (tertiary/aromatic N) is 2. The van der Waals surface area contributed by atoms with Crippen LogP contribution in [0.3, 0.4) is 0 Å². The van der Waals surface area contributed by atoms with Crippen LogP contribution in [-0.4, -0.2) is 33.7 Å². The number of nitrogen functional groups attached to an aromatic ring is 1. The van der Waals surface area contributed by atoms with Gasteiger partial charge in [-0.15, -0.1) is 16.4 Å². The van der Waals surface area contributed by atoms with Crippen molar-refractivity contribution >= 4 is 44.9 Å². The van der Waals surface area contributed by atoms with Gasteiger partial charge in [-0.1, -0.05) is 13.8 Å². The lowest BCUT2D eigenvalue weighted by Crippen LogP contribution is -2.39. The molecule has 0 fully saturated rings. The normalized spacial score (nSPS) is 11.8. The minimum absolute atomic E-state index is 0.0842. The molecule has 0 radical (unpaired) electrons. The number of thioether (sulfide) groups is 1. The average molecular weight is 324 g/mol. The van der Waals surface area contributed by atoms with Gasteiger partial charge in [0.25, 0.3) is 5.91 Å². The van der Waals surface area contributed by atoms with Crippen LogP contribution in [0.4, 0.5) is 5.69 Å². The Morgan fingerprint density at radius 2 is 2.19 bits per heavy atom. The van der Waals surface area contributed by atoms with Gasteiger partial charge >= 0.3 is 0 Å². The van der Waals surface area contributed by atoms with Gasteiger partial charge in [-0.2, -0.15) is 16.9 Å². The fraction of sp³-hybridized carbons (Fsp3) is 0.500. The van der Waals surface area contributed by atoms with Crippen molar-refractivity contribution in [1.29, 1.82) is 0 Å². The largest absolute Gasteiger partial charge is 0.397 e. The molecule has 0 atom stereocenters. The average Bonchev–Trinajstić information content (AvgIpc) is 2.87. The highest BCUT2D eigenvalue weighted by Gasteiger charge is 2.26. The SMILES string of the molecule is CCC(CC)(CNC(=O)c1sc2nnccc2c1N)SC. The van der Waals surface area contributed by atoms with Gasteiger partial charge in [0.05, 0.1) is 11.9 Å². The Hall–Kier alpha value is -1.34. The summed E-state index contributed by atoms with van der Waals surface area (Å²) in [5.41, 5.74) is 6.54. The second-order valence-electron chi connectivity index (χ2n) is 4.87. The number of thiophene rings is 1. The molecule has 0 aromatic carbocycles. The Labute approximate surface area is 132 Å². The highest BCUT2D eigenvalue weighted by atomic mass is 32.2. The first-order valence-electron chi connectivity index (χ1n) is 6.90. The summed E-state index contributed by atoms with van der Waals surface area (Å²) in [6.07, 6.45) is 5.69. The molecule has 0 unspecified atom stereocenters. The van der Waals surface area contributed by atoms with Crippen molar-refractivity contribution in [3.8, 4) is 0 Å². The second-order valence-corrected chi connectivity index (χ2v) is 7.15. The standard InChI is InChI=1S/C14H20N4OS2/c1-4-14(5-2,20-3)8-16-12(19)11-10(15)9-6-7-17-18-13(9)21-11/h6-7H,4-5,8,15H2,1-3H3,(H,16,19). The van der Waals surface area contributed by atoms with E-state index in [9.17, 15) is 4.79 Å². The molecule has 0 aliphatic carbocycles. The first-order chi connectivity index (χ1) is 10.1. The number of nitrogens with two attached hydrogens (primary N) is 1. The van der Waals surface area contributed by atoms with E-state index < -0.39 is 0 Å². The first-order valence-corrected chi connectivity index (χ1v) is 8.94. The highest BCUT2D eigenvalue weighted by molar-refractivity contribution is 8.00. The lowest BCUT2D eigenvalue weighted by molar-refractivity contribution is 0.0954. The maximum atomic E-state index is 12.4. The number of hydrogen-bond donors (Lipinski definition) is 2. The molecule has 0 saturated heterocycles. The van der Waals surface area contributed by atoms with Crippen molar-refractivity contribution in [1.82, 2.24) is 15.5 Å². The van der Waals surface area contributed by atoms with Crippen LogP contribution in [0.5, 0.6) is 0 Å². The predicted molar refractivity (Wildman–Crippen MR) is 91.0 cm³/mol. The van der Waals surface area contributed by atoms with Crippen LogP contribution < -0.4 is 11.1 Å². The summed E-state index contributed by atoms with van der Waals surface area (Å²) in [4.78, 5) is 13.6. The molecule has 2 heterocycles. The van der Waals surface area contributed by atoms with Crippen molar-refractivity contribution in [2.45, 2.75) is 31.4 Å². The van der Waals surface area contributed by atoms with E-state index in [-0.39, 0.29) is 10.7 Å². The van der Waals surface area contributed by atoms with Crippen molar-refractivity contribution < 1.29 is 4.79 Å². The van der Waals surface area contributed by atoms with E-state index in [1.165, 1.54) is 11.3 Å². The summed E-state index contributed by atoms with van der Waals surface area (Å²) >= 11 is 3.09. The molecule has 2 rings (SSSR count). The molecule has 0 aliphatic rings. The van der Waals surface area contributed by atoms with Crippen LogP contribution in [0.15, 0.2) is 12.3 Å². The molecule has 0 saturated carbocycles. The summed E-state index contributed by atoms with van der Waals surface area (Å²) in [5.74, 6) is -0.129. The topological polar surface area (TPSA) is 80.9 Å². The molecule has 21 heavy (non-hydrogen) atoms. The number of carbonyl (C=O) groups is 1. The van der Waals surface area contributed by atoms with E-state index in [0.717, 1.165) is 18.2 Å². The van der Waals surface area contributed by atoms with Gasteiger partial charge in [-0.3, -0.25) is 4.79 Å².